The normalized spacial score (nSPS) is 14.4. The van der Waals surface area contributed by atoms with Crippen molar-refractivity contribution in [2.75, 3.05) is 20.3 Å². The Bertz CT molecular complexity index is 386. The number of nitrogens with one attached hydrogen (secondary N) is 1. The number of ether oxygens (including phenoxy) is 1. The number of rotatable bonds is 8. The second-order valence-electron chi connectivity index (χ2n) is 4.86. The molecule has 0 aromatic heterocycles. The van der Waals surface area contributed by atoms with Crippen molar-refractivity contribution in [3.8, 4) is 0 Å². The minimum atomic E-state index is -0.209. The van der Waals surface area contributed by atoms with Crippen LogP contribution in [0.2, 0.25) is 0 Å². The topological polar surface area (TPSA) is 21.3 Å². The SMILES string of the molecule is CCCNC(c1ccc(Br)c(F)c1)C(C)CCOC. The molecule has 0 fully saturated rings. The van der Waals surface area contributed by atoms with Crippen LogP contribution >= 0.6 is 15.9 Å². The summed E-state index contributed by atoms with van der Waals surface area (Å²) in [7, 11) is 1.71. The second kappa shape index (κ2) is 8.67. The average Bonchev–Trinajstić information content (AvgIpc) is 2.40. The Morgan fingerprint density at radius 1 is 1.42 bits per heavy atom. The molecule has 0 saturated heterocycles. The van der Waals surface area contributed by atoms with Crippen molar-refractivity contribution in [2.45, 2.75) is 32.7 Å². The maximum atomic E-state index is 13.7. The molecule has 1 rings (SSSR count). The van der Waals surface area contributed by atoms with Crippen LogP contribution in [-0.4, -0.2) is 20.3 Å². The Morgan fingerprint density at radius 2 is 2.16 bits per heavy atom. The van der Waals surface area contributed by atoms with Gasteiger partial charge in [0.15, 0.2) is 0 Å². The average molecular weight is 332 g/mol. The van der Waals surface area contributed by atoms with Gasteiger partial charge in [-0.25, -0.2) is 4.39 Å². The molecule has 2 atom stereocenters. The van der Waals surface area contributed by atoms with E-state index in [4.69, 9.17) is 4.74 Å². The van der Waals surface area contributed by atoms with Crippen LogP contribution in [0.5, 0.6) is 0 Å². The first-order valence-corrected chi connectivity index (χ1v) is 7.56. The summed E-state index contributed by atoms with van der Waals surface area (Å²) >= 11 is 3.19. The first-order valence-electron chi connectivity index (χ1n) is 6.77. The molecular weight excluding hydrogens is 309 g/mol. The fraction of sp³-hybridized carbons (Fsp3) is 0.600. The molecule has 0 heterocycles. The van der Waals surface area contributed by atoms with Gasteiger partial charge >= 0.3 is 0 Å². The van der Waals surface area contributed by atoms with Crippen molar-refractivity contribution in [1.82, 2.24) is 5.32 Å². The number of hydrogen-bond acceptors (Lipinski definition) is 2. The van der Waals surface area contributed by atoms with E-state index in [1.54, 1.807) is 19.2 Å². The molecule has 2 nitrogen and oxygen atoms in total. The molecule has 0 spiro atoms. The maximum absolute atomic E-state index is 13.7. The largest absolute Gasteiger partial charge is 0.385 e. The van der Waals surface area contributed by atoms with E-state index >= 15 is 0 Å². The zero-order valence-corrected chi connectivity index (χ0v) is 13.5. The molecule has 0 radical (unpaired) electrons. The Morgan fingerprint density at radius 3 is 2.74 bits per heavy atom. The Balaban J connectivity index is 2.84. The van der Waals surface area contributed by atoms with Crippen LogP contribution in [0.25, 0.3) is 0 Å². The van der Waals surface area contributed by atoms with Crippen molar-refractivity contribution in [3.05, 3.63) is 34.1 Å². The maximum Gasteiger partial charge on any atom is 0.137 e. The van der Waals surface area contributed by atoms with Gasteiger partial charge in [0.05, 0.1) is 4.47 Å². The summed E-state index contributed by atoms with van der Waals surface area (Å²) in [6, 6.07) is 5.52. The second-order valence-corrected chi connectivity index (χ2v) is 5.72. The lowest BCUT2D eigenvalue weighted by Crippen LogP contribution is -2.28. The first kappa shape index (κ1) is 16.6. The van der Waals surface area contributed by atoms with E-state index in [1.807, 2.05) is 6.07 Å². The third-order valence-corrected chi connectivity index (χ3v) is 3.91. The molecule has 19 heavy (non-hydrogen) atoms. The van der Waals surface area contributed by atoms with Crippen LogP contribution in [0.15, 0.2) is 22.7 Å². The van der Waals surface area contributed by atoms with Crippen LogP contribution in [-0.2, 0) is 4.74 Å². The molecule has 0 amide bonds. The smallest absolute Gasteiger partial charge is 0.137 e. The molecule has 1 aromatic rings. The molecule has 1 aromatic carbocycles. The summed E-state index contributed by atoms with van der Waals surface area (Å²) in [5.74, 6) is 0.187. The third kappa shape index (κ3) is 5.21. The number of benzene rings is 1. The predicted octanol–water partition coefficient (Wildman–Crippen LogP) is 4.30. The Labute approximate surface area is 123 Å². The standard InChI is InChI=1S/C15H23BrFNO/c1-4-8-18-15(11(2)7-9-19-3)12-5-6-13(16)14(17)10-12/h5-6,10-11,15,18H,4,7-9H2,1-3H3. The van der Waals surface area contributed by atoms with Gasteiger partial charge < -0.3 is 10.1 Å². The molecule has 0 saturated carbocycles. The van der Waals surface area contributed by atoms with Gasteiger partial charge in [-0.3, -0.25) is 0 Å². The van der Waals surface area contributed by atoms with Gasteiger partial charge in [0.2, 0.25) is 0 Å². The van der Waals surface area contributed by atoms with E-state index in [0.717, 1.165) is 31.6 Å². The molecule has 2 unspecified atom stereocenters. The van der Waals surface area contributed by atoms with Crippen LogP contribution in [0.4, 0.5) is 4.39 Å². The summed E-state index contributed by atoms with van der Waals surface area (Å²) in [6.45, 7) is 5.96. The van der Waals surface area contributed by atoms with Gasteiger partial charge in [-0.05, 0) is 58.9 Å². The molecule has 1 N–H and O–H groups in total. The van der Waals surface area contributed by atoms with E-state index in [1.165, 1.54) is 0 Å². The monoisotopic (exact) mass is 331 g/mol. The zero-order chi connectivity index (χ0) is 14.3. The fourth-order valence-corrected chi connectivity index (χ4v) is 2.37. The van der Waals surface area contributed by atoms with Crippen LogP contribution in [0, 0.1) is 11.7 Å². The van der Waals surface area contributed by atoms with E-state index in [9.17, 15) is 4.39 Å². The van der Waals surface area contributed by atoms with Gasteiger partial charge in [-0.2, -0.15) is 0 Å². The summed E-state index contributed by atoms with van der Waals surface area (Å²) in [4.78, 5) is 0. The van der Waals surface area contributed by atoms with E-state index in [-0.39, 0.29) is 11.9 Å². The highest BCUT2D eigenvalue weighted by Gasteiger charge is 2.19. The van der Waals surface area contributed by atoms with E-state index in [0.29, 0.717) is 10.4 Å². The van der Waals surface area contributed by atoms with Crippen molar-refractivity contribution >= 4 is 15.9 Å². The molecule has 0 aliphatic heterocycles. The number of halogens is 2. The molecule has 108 valence electrons. The lowest BCUT2D eigenvalue weighted by Gasteiger charge is -2.26. The highest BCUT2D eigenvalue weighted by Crippen LogP contribution is 2.27. The zero-order valence-electron chi connectivity index (χ0n) is 11.9. The van der Waals surface area contributed by atoms with Crippen molar-refractivity contribution in [2.24, 2.45) is 5.92 Å². The van der Waals surface area contributed by atoms with Crippen molar-refractivity contribution < 1.29 is 9.13 Å². The van der Waals surface area contributed by atoms with Crippen LogP contribution in [0.1, 0.15) is 38.3 Å². The summed E-state index contributed by atoms with van der Waals surface area (Å²) < 4.78 is 19.3. The highest BCUT2D eigenvalue weighted by molar-refractivity contribution is 9.10. The molecule has 0 aliphatic rings. The molecular formula is C15H23BrFNO. The van der Waals surface area contributed by atoms with Gasteiger partial charge in [0, 0.05) is 19.8 Å². The van der Waals surface area contributed by atoms with Crippen LogP contribution in [0.3, 0.4) is 0 Å². The van der Waals surface area contributed by atoms with E-state index in [2.05, 4.69) is 35.1 Å². The minimum absolute atomic E-state index is 0.165. The lowest BCUT2D eigenvalue weighted by atomic mass is 9.92. The third-order valence-electron chi connectivity index (χ3n) is 3.26. The van der Waals surface area contributed by atoms with Gasteiger partial charge in [-0.1, -0.05) is 19.9 Å². The Hall–Kier alpha value is -0.450. The van der Waals surface area contributed by atoms with Crippen LogP contribution < -0.4 is 5.32 Å². The highest BCUT2D eigenvalue weighted by atomic mass is 79.9. The summed E-state index contributed by atoms with van der Waals surface area (Å²) in [6.07, 6.45) is 2.02. The van der Waals surface area contributed by atoms with Gasteiger partial charge in [-0.15, -0.1) is 0 Å². The molecule has 0 bridgehead atoms. The lowest BCUT2D eigenvalue weighted by molar-refractivity contribution is 0.170. The van der Waals surface area contributed by atoms with E-state index < -0.39 is 0 Å². The summed E-state index contributed by atoms with van der Waals surface area (Å²) in [5, 5.41) is 3.50. The quantitative estimate of drug-likeness (QED) is 0.766. The molecule has 0 aliphatic carbocycles. The predicted molar refractivity (Wildman–Crippen MR) is 80.8 cm³/mol. The number of hydrogen-bond donors (Lipinski definition) is 1. The Kier molecular flexibility index (Phi) is 7.57. The fourth-order valence-electron chi connectivity index (χ4n) is 2.12. The van der Waals surface area contributed by atoms with Gasteiger partial charge in [0.1, 0.15) is 5.82 Å². The molecule has 4 heteroatoms. The van der Waals surface area contributed by atoms with Crippen molar-refractivity contribution in [3.63, 3.8) is 0 Å². The first-order chi connectivity index (χ1) is 9.10. The summed E-state index contributed by atoms with van der Waals surface area (Å²) in [5.41, 5.74) is 0.998. The van der Waals surface area contributed by atoms with Crippen molar-refractivity contribution in [1.29, 1.82) is 0 Å². The number of methoxy groups -OCH3 is 1. The minimum Gasteiger partial charge on any atom is -0.385 e. The van der Waals surface area contributed by atoms with Gasteiger partial charge in [0.25, 0.3) is 0 Å².